The quantitative estimate of drug-likeness (QED) is 0.707. The van der Waals surface area contributed by atoms with Crippen molar-refractivity contribution in [1.29, 1.82) is 0 Å². The third-order valence-electron chi connectivity index (χ3n) is 4.27. The highest BCUT2D eigenvalue weighted by molar-refractivity contribution is 7.92. The average Bonchev–Trinajstić information content (AvgIpc) is 3.16. The van der Waals surface area contributed by atoms with Gasteiger partial charge in [-0.25, -0.2) is 8.42 Å². The molecule has 2 aromatic carbocycles. The van der Waals surface area contributed by atoms with E-state index < -0.39 is 10.0 Å². The van der Waals surface area contributed by atoms with Gasteiger partial charge in [0, 0.05) is 23.0 Å². The smallest absolute Gasteiger partial charge is 0.265 e. The summed E-state index contributed by atoms with van der Waals surface area (Å²) < 4.78 is 38.8. The number of benzene rings is 2. The lowest BCUT2D eigenvalue weighted by molar-refractivity contribution is -0.118. The maximum atomic E-state index is 12.8. The van der Waals surface area contributed by atoms with Gasteiger partial charge in [0.05, 0.1) is 19.6 Å². The molecule has 1 saturated heterocycles. The van der Waals surface area contributed by atoms with Crippen LogP contribution < -0.4 is 14.8 Å². The summed E-state index contributed by atoms with van der Waals surface area (Å²) in [5.74, 6) is -0.0651. The lowest BCUT2D eigenvalue weighted by Crippen LogP contribution is -2.20. The second kappa shape index (κ2) is 8.81. The molecule has 7 nitrogen and oxygen atoms in total. The van der Waals surface area contributed by atoms with Gasteiger partial charge in [0.25, 0.3) is 10.0 Å². The van der Waals surface area contributed by atoms with Crippen LogP contribution >= 0.6 is 11.6 Å². The number of hydrogen-bond acceptors (Lipinski definition) is 5. The summed E-state index contributed by atoms with van der Waals surface area (Å²) in [5.41, 5.74) is 0.722. The average molecular weight is 425 g/mol. The molecule has 0 aliphatic carbocycles. The molecule has 9 heteroatoms. The van der Waals surface area contributed by atoms with Gasteiger partial charge in [-0.05, 0) is 55.3 Å². The largest absolute Gasteiger partial charge is 0.495 e. The van der Waals surface area contributed by atoms with Crippen LogP contribution in [-0.2, 0) is 19.6 Å². The summed E-state index contributed by atoms with van der Waals surface area (Å²) >= 11 is 5.83. The van der Waals surface area contributed by atoms with Crippen molar-refractivity contribution in [2.45, 2.75) is 30.3 Å². The Morgan fingerprint density at radius 3 is 2.57 bits per heavy atom. The van der Waals surface area contributed by atoms with Crippen LogP contribution in [-0.4, -0.2) is 34.1 Å². The Morgan fingerprint density at radius 2 is 1.93 bits per heavy atom. The fraction of sp³-hybridized carbons (Fsp3) is 0.316. The predicted molar refractivity (Wildman–Crippen MR) is 107 cm³/mol. The van der Waals surface area contributed by atoms with Crippen molar-refractivity contribution in [3.05, 3.63) is 47.5 Å². The Bertz CT molecular complexity index is 941. The summed E-state index contributed by atoms with van der Waals surface area (Å²) in [6.45, 7) is 0.666. The summed E-state index contributed by atoms with van der Waals surface area (Å²) in [6, 6.07) is 10.7. The molecule has 1 atom stereocenters. The number of nitrogens with one attached hydrogen (secondary N) is 2. The summed E-state index contributed by atoms with van der Waals surface area (Å²) in [7, 11) is -2.56. The normalized spacial score (nSPS) is 16.6. The zero-order chi connectivity index (χ0) is 20.1. The lowest BCUT2D eigenvalue weighted by Gasteiger charge is -2.14. The predicted octanol–water partition coefficient (Wildman–Crippen LogP) is 3.66. The molecular formula is C19H21ClN2O5S. The maximum Gasteiger partial charge on any atom is 0.265 e. The van der Waals surface area contributed by atoms with Crippen molar-refractivity contribution < 1.29 is 22.7 Å². The molecular weight excluding hydrogens is 404 g/mol. The molecule has 28 heavy (non-hydrogen) atoms. The first-order valence-electron chi connectivity index (χ1n) is 8.75. The highest BCUT2D eigenvalue weighted by atomic mass is 35.5. The minimum absolute atomic E-state index is 0.0835. The van der Waals surface area contributed by atoms with E-state index in [2.05, 4.69) is 10.0 Å². The minimum atomic E-state index is -3.94. The number of hydrogen-bond donors (Lipinski definition) is 2. The second-order valence-electron chi connectivity index (χ2n) is 6.37. The molecule has 0 radical (unpaired) electrons. The van der Waals surface area contributed by atoms with Crippen LogP contribution in [0.15, 0.2) is 47.4 Å². The van der Waals surface area contributed by atoms with E-state index in [0.29, 0.717) is 23.0 Å². The van der Waals surface area contributed by atoms with E-state index in [9.17, 15) is 13.2 Å². The Labute approximate surface area is 169 Å². The monoisotopic (exact) mass is 424 g/mol. The van der Waals surface area contributed by atoms with Crippen LogP contribution in [0.5, 0.6) is 5.75 Å². The van der Waals surface area contributed by atoms with Crippen molar-refractivity contribution in [1.82, 2.24) is 0 Å². The van der Waals surface area contributed by atoms with Crippen LogP contribution in [0.3, 0.4) is 0 Å². The fourth-order valence-electron chi connectivity index (χ4n) is 2.92. The Balaban J connectivity index is 1.79. The van der Waals surface area contributed by atoms with Gasteiger partial charge in [0.1, 0.15) is 10.6 Å². The van der Waals surface area contributed by atoms with Gasteiger partial charge in [0.2, 0.25) is 5.91 Å². The molecule has 2 N–H and O–H groups in total. The first kappa shape index (κ1) is 20.4. The lowest BCUT2D eigenvalue weighted by atomic mass is 10.2. The first-order valence-corrected chi connectivity index (χ1v) is 10.6. The van der Waals surface area contributed by atoms with Crippen LogP contribution in [0.1, 0.15) is 19.3 Å². The summed E-state index contributed by atoms with van der Waals surface area (Å²) in [4.78, 5) is 12.1. The molecule has 1 fully saturated rings. The molecule has 2 aromatic rings. The topological polar surface area (TPSA) is 93.7 Å². The Morgan fingerprint density at radius 1 is 1.21 bits per heavy atom. The van der Waals surface area contributed by atoms with Crippen LogP contribution in [0.4, 0.5) is 11.4 Å². The number of carbonyl (C=O) groups is 1. The zero-order valence-electron chi connectivity index (χ0n) is 15.3. The number of rotatable bonds is 7. The Hall–Kier alpha value is -2.29. The molecule has 0 aromatic heterocycles. The molecule has 0 bridgehead atoms. The van der Waals surface area contributed by atoms with Gasteiger partial charge in [0.15, 0.2) is 0 Å². The number of amides is 1. The molecule has 1 amide bonds. The molecule has 1 heterocycles. The van der Waals surface area contributed by atoms with Crippen molar-refractivity contribution in [2.24, 2.45) is 0 Å². The molecule has 0 spiro atoms. The highest BCUT2D eigenvalue weighted by Gasteiger charge is 2.22. The number of carbonyl (C=O) groups excluding carboxylic acids is 1. The van der Waals surface area contributed by atoms with E-state index in [0.717, 1.165) is 12.8 Å². The van der Waals surface area contributed by atoms with E-state index in [4.69, 9.17) is 21.1 Å². The van der Waals surface area contributed by atoms with Crippen molar-refractivity contribution >= 4 is 38.9 Å². The number of methoxy groups -OCH3 is 1. The second-order valence-corrected chi connectivity index (χ2v) is 8.45. The first-order chi connectivity index (χ1) is 13.4. The Kier molecular flexibility index (Phi) is 6.43. The van der Waals surface area contributed by atoms with Crippen LogP contribution in [0, 0.1) is 0 Å². The van der Waals surface area contributed by atoms with E-state index in [1.807, 2.05) is 0 Å². The molecule has 150 valence electrons. The molecule has 1 unspecified atom stereocenters. The van der Waals surface area contributed by atoms with E-state index >= 15 is 0 Å². The summed E-state index contributed by atoms with van der Waals surface area (Å²) in [5, 5.41) is 3.22. The zero-order valence-corrected chi connectivity index (χ0v) is 16.8. The molecule has 0 saturated carbocycles. The standard InChI is InChI=1S/C19H21ClN2O5S/c1-26-17-9-8-15(21-19(23)12-16-3-2-10-27-16)11-18(17)28(24,25)22-14-6-4-13(20)5-7-14/h4-9,11,16,22H,2-3,10,12H2,1H3,(H,21,23). The third kappa shape index (κ3) is 5.15. The van der Waals surface area contributed by atoms with E-state index in [-0.39, 0.29) is 29.1 Å². The van der Waals surface area contributed by atoms with Gasteiger partial charge in [-0.1, -0.05) is 11.6 Å². The van der Waals surface area contributed by atoms with Gasteiger partial charge >= 0.3 is 0 Å². The molecule has 1 aliphatic heterocycles. The highest BCUT2D eigenvalue weighted by Crippen LogP contribution is 2.29. The third-order valence-corrected chi connectivity index (χ3v) is 5.92. The van der Waals surface area contributed by atoms with Gasteiger partial charge in [-0.3, -0.25) is 9.52 Å². The van der Waals surface area contributed by atoms with Crippen molar-refractivity contribution in [3.63, 3.8) is 0 Å². The fourth-order valence-corrected chi connectivity index (χ4v) is 4.30. The maximum absolute atomic E-state index is 12.8. The molecule has 3 rings (SSSR count). The number of sulfonamides is 1. The number of halogens is 1. The van der Waals surface area contributed by atoms with E-state index in [1.165, 1.54) is 19.2 Å². The van der Waals surface area contributed by atoms with Crippen LogP contribution in [0.25, 0.3) is 0 Å². The van der Waals surface area contributed by atoms with Gasteiger partial charge < -0.3 is 14.8 Å². The van der Waals surface area contributed by atoms with Gasteiger partial charge in [-0.15, -0.1) is 0 Å². The minimum Gasteiger partial charge on any atom is -0.495 e. The van der Waals surface area contributed by atoms with Gasteiger partial charge in [-0.2, -0.15) is 0 Å². The van der Waals surface area contributed by atoms with Crippen LogP contribution in [0.2, 0.25) is 5.02 Å². The van der Waals surface area contributed by atoms with E-state index in [1.54, 1.807) is 30.3 Å². The number of ether oxygens (including phenoxy) is 2. The number of anilines is 2. The molecule has 1 aliphatic rings. The van der Waals surface area contributed by atoms with Crippen molar-refractivity contribution in [3.8, 4) is 5.75 Å². The SMILES string of the molecule is COc1ccc(NC(=O)CC2CCCO2)cc1S(=O)(=O)Nc1ccc(Cl)cc1. The van der Waals surface area contributed by atoms with Crippen molar-refractivity contribution in [2.75, 3.05) is 23.8 Å². The summed E-state index contributed by atoms with van der Waals surface area (Å²) in [6.07, 6.45) is 1.94.